The van der Waals surface area contributed by atoms with Gasteiger partial charge in [-0.1, -0.05) is 20.8 Å². The third-order valence-corrected chi connectivity index (χ3v) is 3.12. The Labute approximate surface area is 97.9 Å². The lowest BCUT2D eigenvalue weighted by molar-refractivity contribution is 0.211. The van der Waals surface area contributed by atoms with E-state index in [1.54, 1.807) is 6.33 Å². The van der Waals surface area contributed by atoms with Gasteiger partial charge >= 0.3 is 0 Å². The molecule has 1 aliphatic rings. The van der Waals surface area contributed by atoms with E-state index in [0.717, 1.165) is 19.5 Å². The summed E-state index contributed by atoms with van der Waals surface area (Å²) in [4.78, 5) is 10.9. The van der Waals surface area contributed by atoms with Gasteiger partial charge < -0.3 is 0 Å². The molecule has 0 amide bonds. The topological polar surface area (TPSA) is 29.0 Å². The zero-order chi connectivity index (χ0) is 11.6. The number of rotatable bonds is 2. The predicted molar refractivity (Wildman–Crippen MR) is 65.1 cm³/mol. The first-order valence-electron chi connectivity index (χ1n) is 6.05. The summed E-state index contributed by atoms with van der Waals surface area (Å²) in [6, 6.07) is 0. The van der Waals surface area contributed by atoms with Gasteiger partial charge in [0.2, 0.25) is 0 Å². The molecule has 2 rings (SSSR count). The Kier molecular flexibility index (Phi) is 3.24. The quantitative estimate of drug-likeness (QED) is 0.764. The minimum atomic E-state index is 0.424. The summed E-state index contributed by atoms with van der Waals surface area (Å²) in [5.74, 6) is 0. The van der Waals surface area contributed by atoms with Crippen molar-refractivity contribution < 1.29 is 0 Å². The van der Waals surface area contributed by atoms with Crippen LogP contribution in [0.1, 0.15) is 38.4 Å². The highest BCUT2D eigenvalue weighted by atomic mass is 15.1. The molecule has 2 heterocycles. The third kappa shape index (κ3) is 3.01. The zero-order valence-corrected chi connectivity index (χ0v) is 10.5. The van der Waals surface area contributed by atoms with Crippen LogP contribution >= 0.6 is 0 Å². The van der Waals surface area contributed by atoms with Gasteiger partial charge in [-0.25, -0.2) is 9.97 Å². The Morgan fingerprint density at radius 3 is 2.94 bits per heavy atom. The molecule has 16 heavy (non-hydrogen) atoms. The van der Waals surface area contributed by atoms with Crippen LogP contribution in [0.15, 0.2) is 12.5 Å². The Morgan fingerprint density at radius 1 is 1.38 bits per heavy atom. The van der Waals surface area contributed by atoms with Crippen LogP contribution in [-0.2, 0) is 13.0 Å². The SMILES string of the molecule is CC(C)(C)CCN1CCc2ncncc2C1. The van der Waals surface area contributed by atoms with E-state index >= 15 is 0 Å². The molecule has 1 aromatic rings. The number of nitrogens with zero attached hydrogens (tertiary/aromatic N) is 3. The van der Waals surface area contributed by atoms with Crippen LogP contribution in [0.2, 0.25) is 0 Å². The van der Waals surface area contributed by atoms with Gasteiger partial charge in [-0.2, -0.15) is 0 Å². The van der Waals surface area contributed by atoms with Crippen molar-refractivity contribution in [2.75, 3.05) is 13.1 Å². The number of hydrogen-bond donors (Lipinski definition) is 0. The molecule has 1 aromatic heterocycles. The maximum Gasteiger partial charge on any atom is 0.115 e. The van der Waals surface area contributed by atoms with E-state index in [0.29, 0.717) is 5.41 Å². The lowest BCUT2D eigenvalue weighted by Gasteiger charge is -2.30. The highest BCUT2D eigenvalue weighted by Crippen LogP contribution is 2.21. The van der Waals surface area contributed by atoms with Crippen molar-refractivity contribution in [1.82, 2.24) is 14.9 Å². The largest absolute Gasteiger partial charge is 0.299 e. The first-order valence-corrected chi connectivity index (χ1v) is 6.05. The van der Waals surface area contributed by atoms with Crippen molar-refractivity contribution in [2.24, 2.45) is 5.41 Å². The fourth-order valence-electron chi connectivity index (χ4n) is 2.01. The van der Waals surface area contributed by atoms with Gasteiger partial charge in [0.25, 0.3) is 0 Å². The molecule has 0 fully saturated rings. The molecule has 0 aromatic carbocycles. The van der Waals surface area contributed by atoms with E-state index in [4.69, 9.17) is 0 Å². The van der Waals surface area contributed by atoms with Gasteiger partial charge in [0, 0.05) is 37.0 Å². The standard InChI is InChI=1S/C13H21N3/c1-13(2,3)5-7-16-6-4-12-11(9-16)8-14-10-15-12/h8,10H,4-7,9H2,1-3H3. The minimum absolute atomic E-state index is 0.424. The smallest absolute Gasteiger partial charge is 0.115 e. The molecule has 3 heteroatoms. The van der Waals surface area contributed by atoms with Crippen molar-refractivity contribution in [3.05, 3.63) is 23.8 Å². The second-order valence-electron chi connectivity index (χ2n) is 5.83. The maximum absolute atomic E-state index is 4.32. The van der Waals surface area contributed by atoms with Crippen LogP contribution < -0.4 is 0 Å². The fraction of sp³-hybridized carbons (Fsp3) is 0.692. The van der Waals surface area contributed by atoms with E-state index < -0.39 is 0 Å². The van der Waals surface area contributed by atoms with Gasteiger partial charge in [0.05, 0.1) is 0 Å². The van der Waals surface area contributed by atoms with Crippen molar-refractivity contribution in [1.29, 1.82) is 0 Å². The molecule has 0 N–H and O–H groups in total. The summed E-state index contributed by atoms with van der Waals surface area (Å²) in [5, 5.41) is 0. The molecule has 0 saturated heterocycles. The molecule has 0 aliphatic carbocycles. The summed E-state index contributed by atoms with van der Waals surface area (Å²) in [5.41, 5.74) is 2.97. The van der Waals surface area contributed by atoms with Crippen LogP contribution in [0.25, 0.3) is 0 Å². The Hall–Kier alpha value is -0.960. The fourth-order valence-corrected chi connectivity index (χ4v) is 2.01. The van der Waals surface area contributed by atoms with Crippen molar-refractivity contribution in [2.45, 2.75) is 40.2 Å². The summed E-state index contributed by atoms with van der Waals surface area (Å²) < 4.78 is 0. The highest BCUT2D eigenvalue weighted by Gasteiger charge is 2.19. The van der Waals surface area contributed by atoms with Crippen LogP contribution in [0, 0.1) is 5.41 Å². The van der Waals surface area contributed by atoms with E-state index in [9.17, 15) is 0 Å². The average Bonchev–Trinajstić information content (AvgIpc) is 2.25. The number of fused-ring (bicyclic) bond motifs is 1. The van der Waals surface area contributed by atoms with Gasteiger partial charge in [-0.3, -0.25) is 4.90 Å². The molecule has 3 nitrogen and oxygen atoms in total. The summed E-state index contributed by atoms with van der Waals surface area (Å²) in [6.07, 6.45) is 5.94. The van der Waals surface area contributed by atoms with E-state index in [1.165, 1.54) is 24.2 Å². The lowest BCUT2D eigenvalue weighted by Crippen LogP contribution is -2.33. The van der Waals surface area contributed by atoms with Crippen molar-refractivity contribution in [3.63, 3.8) is 0 Å². The summed E-state index contributed by atoms with van der Waals surface area (Å²) in [7, 11) is 0. The van der Waals surface area contributed by atoms with E-state index in [2.05, 4.69) is 35.6 Å². The molecule has 0 saturated carbocycles. The van der Waals surface area contributed by atoms with Gasteiger partial charge in [-0.15, -0.1) is 0 Å². The molecule has 0 unspecified atom stereocenters. The van der Waals surface area contributed by atoms with Crippen LogP contribution in [0.5, 0.6) is 0 Å². The summed E-state index contributed by atoms with van der Waals surface area (Å²) in [6.45, 7) is 10.2. The summed E-state index contributed by atoms with van der Waals surface area (Å²) >= 11 is 0. The van der Waals surface area contributed by atoms with E-state index in [-0.39, 0.29) is 0 Å². The first-order chi connectivity index (χ1) is 7.54. The van der Waals surface area contributed by atoms with Crippen molar-refractivity contribution >= 4 is 0 Å². The molecule has 0 atom stereocenters. The molecule has 0 bridgehead atoms. The highest BCUT2D eigenvalue weighted by molar-refractivity contribution is 5.18. The molecule has 0 spiro atoms. The average molecular weight is 219 g/mol. The van der Waals surface area contributed by atoms with Gasteiger partial charge in [-0.05, 0) is 18.4 Å². The predicted octanol–water partition coefficient (Wildman–Crippen LogP) is 2.27. The molecule has 88 valence electrons. The normalized spacial score (nSPS) is 17.2. The number of hydrogen-bond acceptors (Lipinski definition) is 3. The van der Waals surface area contributed by atoms with Gasteiger partial charge in [0.15, 0.2) is 0 Å². The van der Waals surface area contributed by atoms with Crippen LogP contribution in [0.4, 0.5) is 0 Å². The number of aromatic nitrogens is 2. The molecular formula is C13H21N3. The maximum atomic E-state index is 4.32. The lowest BCUT2D eigenvalue weighted by atomic mass is 9.91. The van der Waals surface area contributed by atoms with E-state index in [1.807, 2.05) is 6.20 Å². The van der Waals surface area contributed by atoms with Crippen molar-refractivity contribution in [3.8, 4) is 0 Å². The Balaban J connectivity index is 1.93. The Morgan fingerprint density at radius 2 is 2.19 bits per heavy atom. The monoisotopic (exact) mass is 219 g/mol. The third-order valence-electron chi connectivity index (χ3n) is 3.12. The second kappa shape index (κ2) is 4.50. The molecular weight excluding hydrogens is 198 g/mol. The Bertz CT molecular complexity index is 354. The first kappa shape index (κ1) is 11.5. The molecule has 1 aliphatic heterocycles. The van der Waals surface area contributed by atoms with Gasteiger partial charge in [0.1, 0.15) is 6.33 Å². The minimum Gasteiger partial charge on any atom is -0.299 e. The van der Waals surface area contributed by atoms with Crippen LogP contribution in [-0.4, -0.2) is 28.0 Å². The second-order valence-corrected chi connectivity index (χ2v) is 5.83. The van der Waals surface area contributed by atoms with Crippen LogP contribution in [0.3, 0.4) is 0 Å². The zero-order valence-electron chi connectivity index (χ0n) is 10.5. The molecule has 0 radical (unpaired) electrons.